The lowest BCUT2D eigenvalue weighted by atomic mass is 10.3. The van der Waals surface area contributed by atoms with E-state index < -0.39 is 0 Å². The highest BCUT2D eigenvalue weighted by Crippen LogP contribution is 2.23. The van der Waals surface area contributed by atoms with Crippen molar-refractivity contribution < 1.29 is 9.53 Å². The van der Waals surface area contributed by atoms with Crippen LogP contribution in [0.25, 0.3) is 0 Å². The van der Waals surface area contributed by atoms with E-state index in [1.54, 1.807) is 18.2 Å². The van der Waals surface area contributed by atoms with Crippen molar-refractivity contribution in [2.75, 3.05) is 20.2 Å². The molecule has 1 atom stereocenters. The van der Waals surface area contributed by atoms with Gasteiger partial charge in [0.05, 0.1) is 0 Å². The second-order valence-electron chi connectivity index (χ2n) is 3.89. The molecule has 108 valence electrons. The number of nitrogens with one attached hydrogen (secondary N) is 2. The normalized spacial score (nSPS) is 11.4. The van der Waals surface area contributed by atoms with Gasteiger partial charge in [0.25, 0.3) is 5.91 Å². The zero-order valence-electron chi connectivity index (χ0n) is 10.7. The molecule has 1 amide bonds. The molecule has 19 heavy (non-hydrogen) atoms. The number of amides is 1. The molecule has 1 rings (SSSR count). The van der Waals surface area contributed by atoms with E-state index in [4.69, 9.17) is 27.9 Å². The zero-order valence-corrected chi connectivity index (χ0v) is 13.0. The van der Waals surface area contributed by atoms with Crippen LogP contribution < -0.4 is 15.4 Å². The fraction of sp³-hybridized carbons (Fsp3) is 0.417. The highest BCUT2D eigenvalue weighted by atomic mass is 35.5. The largest absolute Gasteiger partial charge is 0.484 e. The number of carbonyl (C=O) groups is 1. The fourth-order valence-corrected chi connectivity index (χ4v) is 1.69. The van der Waals surface area contributed by atoms with Crippen molar-refractivity contribution in [2.24, 2.45) is 0 Å². The Labute approximate surface area is 129 Å². The average molecular weight is 328 g/mol. The lowest BCUT2D eigenvalue weighted by Gasteiger charge is -2.12. The van der Waals surface area contributed by atoms with E-state index >= 15 is 0 Å². The predicted molar refractivity (Wildman–Crippen MR) is 80.7 cm³/mol. The lowest BCUT2D eigenvalue weighted by Crippen LogP contribution is -2.39. The minimum absolute atomic E-state index is 0. The third kappa shape index (κ3) is 7.47. The Balaban J connectivity index is 0.00000324. The molecular formula is C12H17Cl3N2O2. The smallest absolute Gasteiger partial charge is 0.257 e. The molecule has 0 aliphatic heterocycles. The molecule has 0 saturated heterocycles. The Bertz CT molecular complexity index is 396. The van der Waals surface area contributed by atoms with E-state index in [2.05, 4.69) is 10.6 Å². The Kier molecular flexibility index (Phi) is 8.93. The first-order valence-electron chi connectivity index (χ1n) is 5.54. The number of hydrogen-bond acceptors (Lipinski definition) is 3. The molecule has 0 spiro atoms. The van der Waals surface area contributed by atoms with E-state index in [1.165, 1.54) is 0 Å². The number of ether oxygens (including phenoxy) is 1. The van der Waals surface area contributed by atoms with Crippen LogP contribution >= 0.6 is 35.6 Å². The van der Waals surface area contributed by atoms with Gasteiger partial charge in [-0.2, -0.15) is 0 Å². The standard InChI is InChI=1S/C12H16Cl2N2O2.ClH/c1-8(15-2)6-16-12(17)7-18-11-4-9(13)3-10(14)5-11;/h3-5,8,15H,6-7H2,1-2H3,(H,16,17);1H. The van der Waals surface area contributed by atoms with Crippen molar-refractivity contribution in [2.45, 2.75) is 13.0 Å². The van der Waals surface area contributed by atoms with Gasteiger partial charge in [0, 0.05) is 22.6 Å². The molecule has 0 fully saturated rings. The maximum Gasteiger partial charge on any atom is 0.257 e. The summed E-state index contributed by atoms with van der Waals surface area (Å²) in [4.78, 5) is 11.5. The van der Waals surface area contributed by atoms with Crippen molar-refractivity contribution in [3.63, 3.8) is 0 Å². The minimum Gasteiger partial charge on any atom is -0.484 e. The quantitative estimate of drug-likeness (QED) is 0.844. The highest BCUT2D eigenvalue weighted by Gasteiger charge is 2.05. The second kappa shape index (κ2) is 9.26. The summed E-state index contributed by atoms with van der Waals surface area (Å²) in [6.07, 6.45) is 0. The van der Waals surface area contributed by atoms with Gasteiger partial charge < -0.3 is 15.4 Å². The first-order chi connectivity index (χ1) is 8.51. The number of hydrogen-bond donors (Lipinski definition) is 2. The van der Waals surface area contributed by atoms with Crippen molar-refractivity contribution in [1.82, 2.24) is 10.6 Å². The molecule has 0 heterocycles. The Morgan fingerprint density at radius 2 is 1.89 bits per heavy atom. The first-order valence-corrected chi connectivity index (χ1v) is 6.29. The molecule has 2 N–H and O–H groups in total. The van der Waals surface area contributed by atoms with Gasteiger partial charge in [-0.25, -0.2) is 0 Å². The van der Waals surface area contributed by atoms with Crippen molar-refractivity contribution in [1.29, 1.82) is 0 Å². The topological polar surface area (TPSA) is 50.4 Å². The van der Waals surface area contributed by atoms with E-state index in [0.29, 0.717) is 22.3 Å². The molecule has 0 aliphatic carbocycles. The summed E-state index contributed by atoms with van der Waals surface area (Å²) < 4.78 is 5.29. The molecule has 0 aliphatic rings. The van der Waals surface area contributed by atoms with Crippen molar-refractivity contribution in [3.05, 3.63) is 28.2 Å². The number of carbonyl (C=O) groups excluding carboxylic acids is 1. The second-order valence-corrected chi connectivity index (χ2v) is 4.76. The molecule has 1 aromatic carbocycles. The fourth-order valence-electron chi connectivity index (χ4n) is 1.18. The van der Waals surface area contributed by atoms with Crippen molar-refractivity contribution in [3.8, 4) is 5.75 Å². The van der Waals surface area contributed by atoms with Gasteiger partial charge >= 0.3 is 0 Å². The molecule has 0 saturated carbocycles. The molecule has 1 unspecified atom stereocenters. The van der Waals surface area contributed by atoms with Gasteiger partial charge in [-0.1, -0.05) is 23.2 Å². The maximum absolute atomic E-state index is 11.5. The SMILES string of the molecule is CNC(C)CNC(=O)COc1cc(Cl)cc(Cl)c1.Cl. The maximum atomic E-state index is 11.5. The van der Waals surface area contributed by atoms with Crippen LogP contribution in [0.1, 0.15) is 6.92 Å². The van der Waals surface area contributed by atoms with Gasteiger partial charge in [-0.15, -0.1) is 12.4 Å². The van der Waals surface area contributed by atoms with Crippen LogP contribution in [0.4, 0.5) is 0 Å². The van der Waals surface area contributed by atoms with E-state index in [-0.39, 0.29) is 31.0 Å². The number of rotatable bonds is 6. The number of halogens is 3. The van der Waals surface area contributed by atoms with Crippen LogP contribution in [0.3, 0.4) is 0 Å². The molecule has 1 aromatic rings. The zero-order chi connectivity index (χ0) is 13.5. The summed E-state index contributed by atoms with van der Waals surface area (Å²) in [6.45, 7) is 2.46. The van der Waals surface area contributed by atoms with Gasteiger partial charge in [-0.3, -0.25) is 4.79 Å². The van der Waals surface area contributed by atoms with Crippen LogP contribution in [-0.4, -0.2) is 32.1 Å². The molecule has 0 radical (unpaired) electrons. The number of likely N-dealkylation sites (N-methyl/N-ethyl adjacent to an activating group) is 1. The first kappa shape index (κ1) is 18.3. The Hall–Kier alpha value is -0.680. The van der Waals surface area contributed by atoms with Crippen LogP contribution in [0.15, 0.2) is 18.2 Å². The summed E-state index contributed by atoms with van der Waals surface area (Å²) in [7, 11) is 1.83. The summed E-state index contributed by atoms with van der Waals surface area (Å²) in [5.74, 6) is 0.289. The highest BCUT2D eigenvalue weighted by molar-refractivity contribution is 6.34. The molecule has 0 aromatic heterocycles. The third-order valence-electron chi connectivity index (χ3n) is 2.30. The van der Waals surface area contributed by atoms with E-state index in [0.717, 1.165) is 0 Å². The van der Waals surface area contributed by atoms with Gasteiger partial charge in [-0.05, 0) is 32.2 Å². The minimum atomic E-state index is -0.187. The summed E-state index contributed by atoms with van der Waals surface area (Å²) in [5.41, 5.74) is 0. The third-order valence-corrected chi connectivity index (χ3v) is 2.74. The van der Waals surface area contributed by atoms with Crippen LogP contribution in [0, 0.1) is 0 Å². The summed E-state index contributed by atoms with van der Waals surface area (Å²) >= 11 is 11.6. The predicted octanol–water partition coefficient (Wildman–Crippen LogP) is 2.52. The summed E-state index contributed by atoms with van der Waals surface area (Å²) in [6, 6.07) is 5.04. The number of benzene rings is 1. The Morgan fingerprint density at radius 1 is 1.32 bits per heavy atom. The monoisotopic (exact) mass is 326 g/mol. The lowest BCUT2D eigenvalue weighted by molar-refractivity contribution is -0.123. The average Bonchev–Trinajstić information content (AvgIpc) is 2.32. The van der Waals surface area contributed by atoms with E-state index in [1.807, 2.05) is 14.0 Å². The molecular weight excluding hydrogens is 311 g/mol. The van der Waals surface area contributed by atoms with Gasteiger partial charge in [0.15, 0.2) is 6.61 Å². The van der Waals surface area contributed by atoms with Crippen LogP contribution in [-0.2, 0) is 4.79 Å². The molecule has 4 nitrogen and oxygen atoms in total. The van der Waals surface area contributed by atoms with Gasteiger partial charge in [0.2, 0.25) is 0 Å². The van der Waals surface area contributed by atoms with Crippen molar-refractivity contribution >= 4 is 41.5 Å². The van der Waals surface area contributed by atoms with E-state index in [9.17, 15) is 4.79 Å². The molecule has 7 heteroatoms. The molecule has 0 bridgehead atoms. The Morgan fingerprint density at radius 3 is 2.42 bits per heavy atom. The summed E-state index contributed by atoms with van der Waals surface area (Å²) in [5, 5.41) is 6.71. The van der Waals surface area contributed by atoms with Gasteiger partial charge in [0.1, 0.15) is 5.75 Å². The van der Waals surface area contributed by atoms with Crippen LogP contribution in [0.2, 0.25) is 10.0 Å². The van der Waals surface area contributed by atoms with Crippen LogP contribution in [0.5, 0.6) is 5.75 Å².